The number of Topliss-reactive ketones (excluding diaryl/α,β-unsaturated/α-hetero) is 1. The first-order valence-electron chi connectivity index (χ1n) is 9.05. The van der Waals surface area contributed by atoms with Gasteiger partial charge >= 0.3 is 5.91 Å². The zero-order valence-corrected chi connectivity index (χ0v) is 16.9. The van der Waals surface area contributed by atoms with Gasteiger partial charge in [-0.05, 0) is 48.9 Å². The number of hydrogen-bond donors (Lipinski definition) is 1. The molecule has 0 aliphatic carbocycles. The third-order valence-electron chi connectivity index (χ3n) is 4.83. The number of aliphatic hydroxyl groups excluding tert-OH is 1. The number of carbonyl (C=O) groups excluding carboxylic acids is 2. The van der Waals surface area contributed by atoms with Crippen molar-refractivity contribution in [2.24, 2.45) is 0 Å². The monoisotopic (exact) mass is 424 g/mol. The fourth-order valence-corrected chi connectivity index (χ4v) is 3.55. The number of ketones is 1. The second-order valence-electron chi connectivity index (χ2n) is 6.75. The van der Waals surface area contributed by atoms with Crippen LogP contribution in [0.2, 0.25) is 5.02 Å². The number of methoxy groups -OCH3 is 1. The van der Waals surface area contributed by atoms with E-state index in [9.17, 15) is 14.7 Å². The molecule has 1 fully saturated rings. The van der Waals surface area contributed by atoms with E-state index < -0.39 is 17.7 Å². The second kappa shape index (κ2) is 7.68. The van der Waals surface area contributed by atoms with E-state index in [1.807, 2.05) is 0 Å². The third-order valence-corrected chi connectivity index (χ3v) is 5.09. The molecule has 1 saturated heterocycles. The van der Waals surface area contributed by atoms with Crippen LogP contribution in [0.5, 0.6) is 5.75 Å². The molecule has 2 aromatic carbocycles. The maximum atomic E-state index is 13.0. The molecular formula is C22H17ClN2O5. The second-order valence-corrected chi connectivity index (χ2v) is 7.18. The molecule has 4 rings (SSSR count). The summed E-state index contributed by atoms with van der Waals surface area (Å²) in [6.45, 7) is 1.68. The first kappa shape index (κ1) is 19.7. The van der Waals surface area contributed by atoms with Crippen molar-refractivity contribution >= 4 is 34.9 Å². The summed E-state index contributed by atoms with van der Waals surface area (Å²) in [6, 6.07) is 13.9. The van der Waals surface area contributed by atoms with Crippen molar-refractivity contribution in [3.05, 3.63) is 82.1 Å². The Kier molecular flexibility index (Phi) is 5.05. The van der Waals surface area contributed by atoms with Crippen molar-refractivity contribution in [2.45, 2.75) is 13.0 Å². The molecule has 1 N–H and O–H groups in total. The van der Waals surface area contributed by atoms with Crippen LogP contribution >= 0.6 is 11.6 Å². The molecule has 1 atom stereocenters. The number of carbonyl (C=O) groups is 2. The number of anilines is 1. The van der Waals surface area contributed by atoms with Gasteiger partial charge in [-0.15, -0.1) is 0 Å². The zero-order chi connectivity index (χ0) is 21.4. The van der Waals surface area contributed by atoms with Crippen molar-refractivity contribution in [1.29, 1.82) is 0 Å². The highest BCUT2D eigenvalue weighted by Gasteiger charge is 2.48. The maximum absolute atomic E-state index is 13.0. The molecule has 7 nitrogen and oxygen atoms in total. The largest absolute Gasteiger partial charge is 0.507 e. The van der Waals surface area contributed by atoms with Crippen molar-refractivity contribution in [1.82, 2.24) is 5.16 Å². The normalized spacial score (nSPS) is 18.1. The molecule has 1 aromatic heterocycles. The lowest BCUT2D eigenvalue weighted by atomic mass is 9.95. The number of aliphatic hydroxyl groups is 1. The van der Waals surface area contributed by atoms with Gasteiger partial charge in [-0.1, -0.05) is 28.9 Å². The number of hydrogen-bond acceptors (Lipinski definition) is 6. The van der Waals surface area contributed by atoms with Crippen LogP contribution in [0.15, 0.2) is 64.7 Å². The SMILES string of the molecule is COc1cccc([C@H]2/C(=C(\O)c3ccc(Cl)cc3)C(=O)C(=O)N2c2cc(C)on2)c1. The topological polar surface area (TPSA) is 92.9 Å². The lowest BCUT2D eigenvalue weighted by Crippen LogP contribution is -2.29. The van der Waals surface area contributed by atoms with Crippen LogP contribution in [0.1, 0.15) is 22.9 Å². The van der Waals surface area contributed by atoms with Crippen LogP contribution in [0.3, 0.4) is 0 Å². The summed E-state index contributed by atoms with van der Waals surface area (Å²) in [5, 5.41) is 15.4. The Morgan fingerprint density at radius 1 is 1.17 bits per heavy atom. The van der Waals surface area contributed by atoms with E-state index in [2.05, 4.69) is 5.16 Å². The van der Waals surface area contributed by atoms with E-state index in [0.717, 1.165) is 0 Å². The van der Waals surface area contributed by atoms with Gasteiger partial charge in [0.1, 0.15) is 17.3 Å². The summed E-state index contributed by atoms with van der Waals surface area (Å²) < 4.78 is 10.4. The van der Waals surface area contributed by atoms with E-state index in [0.29, 0.717) is 27.7 Å². The van der Waals surface area contributed by atoms with Gasteiger partial charge in [-0.3, -0.25) is 14.5 Å². The summed E-state index contributed by atoms with van der Waals surface area (Å²) >= 11 is 5.93. The summed E-state index contributed by atoms with van der Waals surface area (Å²) in [5.74, 6) is -0.740. The molecule has 0 unspecified atom stereocenters. The quantitative estimate of drug-likeness (QED) is 0.382. The average molecular weight is 425 g/mol. The van der Waals surface area contributed by atoms with Crippen LogP contribution in [0, 0.1) is 6.92 Å². The van der Waals surface area contributed by atoms with Crippen molar-refractivity contribution in [2.75, 3.05) is 12.0 Å². The van der Waals surface area contributed by atoms with Gasteiger partial charge in [-0.2, -0.15) is 0 Å². The highest BCUT2D eigenvalue weighted by Crippen LogP contribution is 2.42. The molecule has 30 heavy (non-hydrogen) atoms. The van der Waals surface area contributed by atoms with Gasteiger partial charge < -0.3 is 14.4 Å². The lowest BCUT2D eigenvalue weighted by Gasteiger charge is -2.23. The number of rotatable bonds is 4. The maximum Gasteiger partial charge on any atom is 0.301 e. The predicted molar refractivity (Wildman–Crippen MR) is 110 cm³/mol. The number of halogens is 1. The molecule has 0 saturated carbocycles. The predicted octanol–water partition coefficient (Wildman–Crippen LogP) is 4.27. The van der Waals surface area contributed by atoms with Gasteiger partial charge in [0.2, 0.25) is 0 Å². The van der Waals surface area contributed by atoms with E-state index in [1.54, 1.807) is 61.5 Å². The first-order valence-corrected chi connectivity index (χ1v) is 9.42. The minimum absolute atomic E-state index is 0.0590. The molecular weight excluding hydrogens is 408 g/mol. The molecule has 0 radical (unpaired) electrons. The number of nitrogens with zero attached hydrogens (tertiary/aromatic N) is 2. The van der Waals surface area contributed by atoms with Crippen LogP contribution in [0.4, 0.5) is 5.82 Å². The van der Waals surface area contributed by atoms with Crippen LogP contribution in [-0.4, -0.2) is 29.1 Å². The van der Waals surface area contributed by atoms with Crippen LogP contribution in [0.25, 0.3) is 5.76 Å². The number of aromatic nitrogens is 1. The Morgan fingerprint density at radius 3 is 2.53 bits per heavy atom. The van der Waals surface area contributed by atoms with Crippen LogP contribution < -0.4 is 9.64 Å². The smallest absolute Gasteiger partial charge is 0.301 e. The summed E-state index contributed by atoms with van der Waals surface area (Å²) in [6.07, 6.45) is 0. The standard InChI is InChI=1S/C22H17ClN2O5/c1-12-10-17(24-30-12)25-19(14-4-3-5-16(11-14)29-2)18(21(27)22(25)28)20(26)13-6-8-15(23)9-7-13/h3-11,19,26H,1-2H3/b20-18+/t19-/m0/s1. The Labute approximate surface area is 177 Å². The number of amides is 1. The van der Waals surface area contributed by atoms with Gasteiger partial charge in [0.15, 0.2) is 5.82 Å². The van der Waals surface area contributed by atoms with Gasteiger partial charge in [0, 0.05) is 16.7 Å². The lowest BCUT2D eigenvalue weighted by molar-refractivity contribution is -0.132. The third kappa shape index (κ3) is 3.33. The molecule has 1 aliphatic rings. The molecule has 1 amide bonds. The summed E-state index contributed by atoms with van der Waals surface area (Å²) in [4.78, 5) is 27.2. The molecule has 1 aliphatic heterocycles. The van der Waals surface area contributed by atoms with E-state index >= 15 is 0 Å². The molecule has 3 aromatic rings. The van der Waals surface area contributed by atoms with E-state index in [-0.39, 0.29) is 17.2 Å². The number of benzene rings is 2. The Hall–Kier alpha value is -3.58. The highest BCUT2D eigenvalue weighted by atomic mass is 35.5. The number of ether oxygens (including phenoxy) is 1. The fourth-order valence-electron chi connectivity index (χ4n) is 3.43. The highest BCUT2D eigenvalue weighted by molar-refractivity contribution is 6.51. The molecule has 0 spiro atoms. The van der Waals surface area contributed by atoms with Crippen molar-refractivity contribution in [3.63, 3.8) is 0 Å². The minimum atomic E-state index is -0.916. The molecule has 8 heteroatoms. The van der Waals surface area contributed by atoms with Gasteiger partial charge in [0.05, 0.1) is 18.7 Å². The van der Waals surface area contributed by atoms with Crippen molar-refractivity contribution < 1.29 is 24.0 Å². The average Bonchev–Trinajstić information content (AvgIpc) is 3.29. The Bertz CT molecular complexity index is 1170. The van der Waals surface area contributed by atoms with Gasteiger partial charge in [-0.25, -0.2) is 0 Å². The number of aryl methyl sites for hydroxylation is 1. The summed E-state index contributed by atoms with van der Waals surface area (Å²) in [7, 11) is 1.52. The van der Waals surface area contributed by atoms with Gasteiger partial charge in [0.25, 0.3) is 5.78 Å². The Morgan fingerprint density at radius 2 is 1.90 bits per heavy atom. The van der Waals surface area contributed by atoms with E-state index in [4.69, 9.17) is 20.9 Å². The molecule has 2 heterocycles. The Balaban J connectivity index is 1.95. The first-order chi connectivity index (χ1) is 14.4. The molecule has 0 bridgehead atoms. The molecule has 152 valence electrons. The van der Waals surface area contributed by atoms with E-state index in [1.165, 1.54) is 12.0 Å². The van der Waals surface area contributed by atoms with Crippen molar-refractivity contribution in [3.8, 4) is 5.75 Å². The zero-order valence-electron chi connectivity index (χ0n) is 16.1. The van der Waals surface area contributed by atoms with Crippen LogP contribution in [-0.2, 0) is 9.59 Å². The fraction of sp³-hybridized carbons (Fsp3) is 0.136. The summed E-state index contributed by atoms with van der Waals surface area (Å²) in [5.41, 5.74) is 0.877. The minimum Gasteiger partial charge on any atom is -0.507 e.